The molecular weight excluding hydrogens is 274 g/mol. The second-order valence-corrected chi connectivity index (χ2v) is 5.12. The van der Waals surface area contributed by atoms with E-state index in [0.717, 1.165) is 23.4 Å². The Bertz CT molecular complexity index is 611. The number of anilines is 1. The highest BCUT2D eigenvalue weighted by atomic mass is 35.5. The van der Waals surface area contributed by atoms with Crippen LogP contribution in [0.2, 0.25) is 5.02 Å². The minimum absolute atomic E-state index is 0.240. The molecule has 0 spiro atoms. The number of ether oxygens (including phenoxy) is 2. The summed E-state index contributed by atoms with van der Waals surface area (Å²) in [6, 6.07) is 12.3. The maximum Gasteiger partial charge on any atom is 0.231 e. The number of hydrogen-bond acceptors (Lipinski definition) is 3. The molecular formula is C16H16ClNO2. The Morgan fingerprint density at radius 1 is 1.10 bits per heavy atom. The molecule has 1 aliphatic rings. The maximum atomic E-state index is 6.16. The smallest absolute Gasteiger partial charge is 0.231 e. The molecule has 0 saturated heterocycles. The summed E-state index contributed by atoms with van der Waals surface area (Å²) in [5.74, 6) is 1.36. The normalized spacial score (nSPS) is 12.5. The SMILES string of the molecule is CCc1ccc(NCc2cc(Cl)c3c(c2)OCO3)cc1. The van der Waals surface area contributed by atoms with Gasteiger partial charge in [0.25, 0.3) is 0 Å². The van der Waals surface area contributed by atoms with Gasteiger partial charge in [-0.05, 0) is 41.8 Å². The summed E-state index contributed by atoms with van der Waals surface area (Å²) in [7, 11) is 0. The molecule has 0 fully saturated rings. The van der Waals surface area contributed by atoms with Crippen molar-refractivity contribution in [1.29, 1.82) is 0 Å². The van der Waals surface area contributed by atoms with Gasteiger partial charge in [0.05, 0.1) is 5.02 Å². The van der Waals surface area contributed by atoms with E-state index in [2.05, 4.69) is 36.5 Å². The van der Waals surface area contributed by atoms with E-state index in [1.807, 2.05) is 12.1 Å². The standard InChI is InChI=1S/C16H16ClNO2/c1-2-11-3-5-13(6-4-11)18-9-12-7-14(17)16-15(8-12)19-10-20-16/h3-8,18H,2,9-10H2,1H3. The van der Waals surface area contributed by atoms with E-state index in [4.69, 9.17) is 21.1 Å². The predicted octanol–water partition coefficient (Wildman–Crippen LogP) is 4.24. The zero-order valence-corrected chi connectivity index (χ0v) is 12.0. The minimum atomic E-state index is 0.240. The van der Waals surface area contributed by atoms with Gasteiger partial charge in [-0.25, -0.2) is 0 Å². The second kappa shape index (κ2) is 5.63. The van der Waals surface area contributed by atoms with Crippen LogP contribution < -0.4 is 14.8 Å². The van der Waals surface area contributed by atoms with Crippen molar-refractivity contribution in [1.82, 2.24) is 0 Å². The zero-order chi connectivity index (χ0) is 13.9. The molecule has 0 amide bonds. The van der Waals surface area contributed by atoms with Gasteiger partial charge in [-0.2, -0.15) is 0 Å². The van der Waals surface area contributed by atoms with Crippen LogP contribution in [0.3, 0.4) is 0 Å². The first-order valence-corrected chi connectivity index (χ1v) is 7.05. The van der Waals surface area contributed by atoms with Crippen molar-refractivity contribution < 1.29 is 9.47 Å². The molecule has 0 bridgehead atoms. The minimum Gasteiger partial charge on any atom is -0.454 e. The number of rotatable bonds is 4. The third-order valence-electron chi connectivity index (χ3n) is 3.35. The van der Waals surface area contributed by atoms with Crippen molar-refractivity contribution in [2.45, 2.75) is 19.9 Å². The summed E-state index contributed by atoms with van der Waals surface area (Å²) >= 11 is 6.16. The molecule has 20 heavy (non-hydrogen) atoms. The van der Waals surface area contributed by atoms with Crippen molar-refractivity contribution in [3.05, 3.63) is 52.5 Å². The van der Waals surface area contributed by atoms with Crippen molar-refractivity contribution in [3.63, 3.8) is 0 Å². The number of fused-ring (bicyclic) bond motifs is 1. The Hall–Kier alpha value is -1.87. The van der Waals surface area contributed by atoms with Crippen molar-refractivity contribution >= 4 is 17.3 Å². The van der Waals surface area contributed by atoms with Crippen molar-refractivity contribution in [3.8, 4) is 11.5 Å². The van der Waals surface area contributed by atoms with Crippen LogP contribution in [0.4, 0.5) is 5.69 Å². The van der Waals surface area contributed by atoms with E-state index in [1.54, 1.807) is 0 Å². The monoisotopic (exact) mass is 289 g/mol. The lowest BCUT2D eigenvalue weighted by molar-refractivity contribution is 0.174. The number of hydrogen-bond donors (Lipinski definition) is 1. The lowest BCUT2D eigenvalue weighted by atomic mass is 10.1. The van der Waals surface area contributed by atoms with E-state index in [-0.39, 0.29) is 6.79 Å². The average molecular weight is 290 g/mol. The number of aryl methyl sites for hydroxylation is 1. The van der Waals surface area contributed by atoms with E-state index in [1.165, 1.54) is 5.56 Å². The van der Waals surface area contributed by atoms with Gasteiger partial charge in [0.2, 0.25) is 6.79 Å². The van der Waals surface area contributed by atoms with Crippen LogP contribution in [0.25, 0.3) is 0 Å². The van der Waals surface area contributed by atoms with Gasteiger partial charge >= 0.3 is 0 Å². The van der Waals surface area contributed by atoms with Crippen LogP contribution in [-0.2, 0) is 13.0 Å². The Labute approximate surface area is 123 Å². The van der Waals surface area contributed by atoms with Crippen LogP contribution in [0.1, 0.15) is 18.1 Å². The Balaban J connectivity index is 1.70. The molecule has 0 radical (unpaired) electrons. The molecule has 1 aliphatic heterocycles. The van der Waals surface area contributed by atoms with Gasteiger partial charge in [-0.15, -0.1) is 0 Å². The molecule has 0 unspecified atom stereocenters. The summed E-state index contributed by atoms with van der Waals surface area (Å²) in [5, 5.41) is 3.97. The van der Waals surface area contributed by atoms with Crippen LogP contribution in [0.5, 0.6) is 11.5 Å². The molecule has 0 atom stereocenters. The molecule has 2 aromatic rings. The third kappa shape index (κ3) is 2.68. The van der Waals surface area contributed by atoms with Crippen LogP contribution in [0, 0.1) is 0 Å². The summed E-state index contributed by atoms with van der Waals surface area (Å²) < 4.78 is 10.7. The summed E-state index contributed by atoms with van der Waals surface area (Å²) in [6.45, 7) is 3.09. The quantitative estimate of drug-likeness (QED) is 0.913. The summed E-state index contributed by atoms with van der Waals surface area (Å²) in [5.41, 5.74) is 3.50. The van der Waals surface area contributed by atoms with E-state index in [0.29, 0.717) is 17.3 Å². The molecule has 0 aliphatic carbocycles. The van der Waals surface area contributed by atoms with E-state index in [9.17, 15) is 0 Å². The average Bonchev–Trinajstić information content (AvgIpc) is 2.94. The molecule has 4 heteroatoms. The lowest BCUT2D eigenvalue weighted by Crippen LogP contribution is -1.99. The second-order valence-electron chi connectivity index (χ2n) is 4.72. The van der Waals surface area contributed by atoms with Gasteiger partial charge in [0.1, 0.15) is 0 Å². The first-order chi connectivity index (χ1) is 9.76. The predicted molar refractivity (Wildman–Crippen MR) is 80.7 cm³/mol. The molecule has 3 rings (SSSR count). The molecule has 1 N–H and O–H groups in total. The van der Waals surface area contributed by atoms with Gasteiger partial charge in [0, 0.05) is 12.2 Å². The number of nitrogens with one attached hydrogen (secondary N) is 1. The lowest BCUT2D eigenvalue weighted by Gasteiger charge is -2.09. The molecule has 2 aromatic carbocycles. The summed E-state index contributed by atoms with van der Waals surface area (Å²) in [4.78, 5) is 0. The highest BCUT2D eigenvalue weighted by Crippen LogP contribution is 2.39. The molecule has 104 valence electrons. The first kappa shape index (κ1) is 13.1. The highest BCUT2D eigenvalue weighted by molar-refractivity contribution is 6.32. The van der Waals surface area contributed by atoms with Gasteiger partial charge in [-0.3, -0.25) is 0 Å². The van der Waals surface area contributed by atoms with Gasteiger partial charge in [-0.1, -0.05) is 30.7 Å². The molecule has 3 nitrogen and oxygen atoms in total. The summed E-state index contributed by atoms with van der Waals surface area (Å²) in [6.07, 6.45) is 1.05. The van der Waals surface area contributed by atoms with Crippen LogP contribution in [0.15, 0.2) is 36.4 Å². The van der Waals surface area contributed by atoms with Gasteiger partial charge < -0.3 is 14.8 Å². The highest BCUT2D eigenvalue weighted by Gasteiger charge is 2.18. The van der Waals surface area contributed by atoms with Crippen LogP contribution in [-0.4, -0.2) is 6.79 Å². The topological polar surface area (TPSA) is 30.5 Å². The molecule has 1 heterocycles. The van der Waals surface area contributed by atoms with E-state index < -0.39 is 0 Å². The number of benzene rings is 2. The fourth-order valence-electron chi connectivity index (χ4n) is 2.19. The van der Waals surface area contributed by atoms with Crippen molar-refractivity contribution in [2.24, 2.45) is 0 Å². The molecule has 0 saturated carbocycles. The van der Waals surface area contributed by atoms with Crippen LogP contribution >= 0.6 is 11.6 Å². The number of halogens is 1. The maximum absolute atomic E-state index is 6.16. The fraction of sp³-hybridized carbons (Fsp3) is 0.250. The third-order valence-corrected chi connectivity index (χ3v) is 3.63. The Morgan fingerprint density at radius 2 is 1.90 bits per heavy atom. The fourth-order valence-corrected chi connectivity index (χ4v) is 2.47. The first-order valence-electron chi connectivity index (χ1n) is 6.67. The van der Waals surface area contributed by atoms with Crippen molar-refractivity contribution in [2.75, 3.05) is 12.1 Å². The van der Waals surface area contributed by atoms with Gasteiger partial charge in [0.15, 0.2) is 11.5 Å². The zero-order valence-electron chi connectivity index (χ0n) is 11.3. The Morgan fingerprint density at radius 3 is 2.65 bits per heavy atom. The molecule has 0 aromatic heterocycles. The van der Waals surface area contributed by atoms with E-state index >= 15 is 0 Å². The Kier molecular flexibility index (Phi) is 3.70. The largest absolute Gasteiger partial charge is 0.454 e.